The van der Waals surface area contributed by atoms with Crippen molar-refractivity contribution >= 4 is 17.2 Å². The number of hydrogen-bond acceptors (Lipinski definition) is 3. The fourth-order valence-electron chi connectivity index (χ4n) is 1.68. The van der Waals surface area contributed by atoms with Crippen molar-refractivity contribution in [2.24, 2.45) is 5.92 Å². The third-order valence-corrected chi connectivity index (χ3v) is 4.16. The first kappa shape index (κ1) is 13.1. The number of hydrogen-bond donors (Lipinski definition) is 2. The normalized spacial score (nSPS) is 21.1. The number of amides is 1. The fraction of sp³-hybridized carbons (Fsp3) is 0.500. The standard InChI is InChI=1S/C14H17NO2S/c1-9-7-11(9)15-14(17)13-8-10(2)12(18-13)5-3-4-6-16/h8-9,11,16H,4,6-7H2,1-2H3,(H,15,17). The van der Waals surface area contributed by atoms with E-state index in [-0.39, 0.29) is 12.5 Å². The van der Waals surface area contributed by atoms with Gasteiger partial charge in [0.2, 0.25) is 0 Å². The van der Waals surface area contributed by atoms with Crippen LogP contribution in [0.3, 0.4) is 0 Å². The molecular formula is C14H17NO2S. The lowest BCUT2D eigenvalue weighted by atomic mass is 10.2. The summed E-state index contributed by atoms with van der Waals surface area (Å²) in [5.41, 5.74) is 1.03. The molecule has 2 atom stereocenters. The Hall–Kier alpha value is -1.31. The van der Waals surface area contributed by atoms with Crippen LogP contribution < -0.4 is 5.32 Å². The van der Waals surface area contributed by atoms with Crippen LogP contribution in [0, 0.1) is 24.7 Å². The second kappa shape index (κ2) is 5.55. The summed E-state index contributed by atoms with van der Waals surface area (Å²) in [5, 5.41) is 11.7. The first-order chi connectivity index (χ1) is 8.61. The van der Waals surface area contributed by atoms with Gasteiger partial charge in [-0.25, -0.2) is 0 Å². The third-order valence-electron chi connectivity index (χ3n) is 3.01. The molecule has 1 aromatic rings. The van der Waals surface area contributed by atoms with Crippen LogP contribution >= 0.6 is 11.3 Å². The number of aryl methyl sites for hydroxylation is 1. The number of thiophene rings is 1. The molecule has 96 valence electrons. The van der Waals surface area contributed by atoms with Gasteiger partial charge in [-0.1, -0.05) is 18.8 Å². The summed E-state index contributed by atoms with van der Waals surface area (Å²) in [6.07, 6.45) is 1.55. The molecular weight excluding hydrogens is 246 g/mol. The minimum atomic E-state index is 0.00709. The highest BCUT2D eigenvalue weighted by Gasteiger charge is 2.34. The summed E-state index contributed by atoms with van der Waals surface area (Å²) in [6.45, 7) is 4.16. The van der Waals surface area contributed by atoms with Gasteiger partial charge < -0.3 is 10.4 Å². The van der Waals surface area contributed by atoms with E-state index in [9.17, 15) is 4.79 Å². The lowest BCUT2D eigenvalue weighted by molar-refractivity contribution is 0.0953. The average molecular weight is 263 g/mol. The Kier molecular flexibility index (Phi) is 4.05. The van der Waals surface area contributed by atoms with Crippen LogP contribution in [0.1, 0.15) is 39.9 Å². The lowest BCUT2D eigenvalue weighted by Crippen LogP contribution is -2.25. The van der Waals surface area contributed by atoms with Crippen LogP contribution in [0.5, 0.6) is 0 Å². The quantitative estimate of drug-likeness (QED) is 0.819. The fourth-order valence-corrected chi connectivity index (χ4v) is 2.63. The van der Waals surface area contributed by atoms with E-state index < -0.39 is 0 Å². The van der Waals surface area contributed by atoms with E-state index in [1.54, 1.807) is 0 Å². The summed E-state index contributed by atoms with van der Waals surface area (Å²) in [5.74, 6) is 6.50. The van der Waals surface area contributed by atoms with Gasteiger partial charge in [-0.3, -0.25) is 4.79 Å². The van der Waals surface area contributed by atoms with E-state index in [0.717, 1.165) is 21.7 Å². The summed E-state index contributed by atoms with van der Waals surface area (Å²) in [7, 11) is 0. The van der Waals surface area contributed by atoms with E-state index in [4.69, 9.17) is 5.11 Å². The SMILES string of the molecule is Cc1cc(C(=O)NC2CC2C)sc1C#CCCO. The van der Waals surface area contributed by atoms with Crippen molar-refractivity contribution in [1.29, 1.82) is 0 Å². The monoisotopic (exact) mass is 263 g/mol. The van der Waals surface area contributed by atoms with Crippen molar-refractivity contribution in [3.8, 4) is 11.8 Å². The van der Waals surface area contributed by atoms with E-state index >= 15 is 0 Å². The molecule has 0 aromatic carbocycles. The first-order valence-corrected chi connectivity index (χ1v) is 6.94. The Balaban J connectivity index is 2.04. The summed E-state index contributed by atoms with van der Waals surface area (Å²) >= 11 is 1.42. The van der Waals surface area contributed by atoms with Gasteiger partial charge in [-0.15, -0.1) is 11.3 Å². The highest BCUT2D eigenvalue weighted by atomic mass is 32.1. The number of carbonyl (C=O) groups is 1. The van der Waals surface area contributed by atoms with Gasteiger partial charge in [0, 0.05) is 12.5 Å². The van der Waals surface area contributed by atoms with Crippen LogP contribution in [0.4, 0.5) is 0 Å². The van der Waals surface area contributed by atoms with Gasteiger partial charge in [0.25, 0.3) is 5.91 Å². The number of aliphatic hydroxyl groups excluding tert-OH is 1. The Morgan fingerprint density at radius 3 is 3.00 bits per heavy atom. The second-order valence-electron chi connectivity index (χ2n) is 4.69. The van der Waals surface area contributed by atoms with Crippen LogP contribution in [0.15, 0.2) is 6.07 Å². The zero-order chi connectivity index (χ0) is 13.1. The molecule has 2 N–H and O–H groups in total. The molecule has 1 heterocycles. The highest BCUT2D eigenvalue weighted by Crippen LogP contribution is 2.30. The summed E-state index contributed by atoms with van der Waals surface area (Å²) in [6, 6.07) is 2.24. The van der Waals surface area contributed by atoms with E-state index in [0.29, 0.717) is 18.4 Å². The molecule has 0 saturated heterocycles. The molecule has 3 nitrogen and oxygen atoms in total. The van der Waals surface area contributed by atoms with Crippen LogP contribution in [-0.2, 0) is 0 Å². The van der Waals surface area contributed by atoms with Crippen molar-refractivity contribution < 1.29 is 9.90 Å². The highest BCUT2D eigenvalue weighted by molar-refractivity contribution is 7.14. The number of aliphatic hydroxyl groups is 1. The second-order valence-corrected chi connectivity index (χ2v) is 5.74. The van der Waals surface area contributed by atoms with Gasteiger partial charge in [0.05, 0.1) is 16.4 Å². The maximum absolute atomic E-state index is 11.9. The maximum atomic E-state index is 11.9. The molecule has 18 heavy (non-hydrogen) atoms. The predicted octanol–water partition coefficient (Wildman–Crippen LogP) is 1.93. The zero-order valence-electron chi connectivity index (χ0n) is 10.6. The molecule has 0 spiro atoms. The molecule has 2 rings (SSSR count). The third kappa shape index (κ3) is 3.12. The zero-order valence-corrected chi connectivity index (χ0v) is 11.4. The Labute approximate surface area is 111 Å². The van der Waals surface area contributed by atoms with Crippen molar-refractivity contribution in [2.45, 2.75) is 32.7 Å². The molecule has 1 fully saturated rings. The Morgan fingerprint density at radius 1 is 1.67 bits per heavy atom. The van der Waals surface area contributed by atoms with Crippen molar-refractivity contribution in [2.75, 3.05) is 6.61 Å². The van der Waals surface area contributed by atoms with E-state index in [2.05, 4.69) is 24.1 Å². The molecule has 1 amide bonds. The lowest BCUT2D eigenvalue weighted by Gasteiger charge is -1.99. The van der Waals surface area contributed by atoms with Gasteiger partial charge in [-0.2, -0.15) is 0 Å². The smallest absolute Gasteiger partial charge is 0.261 e. The minimum Gasteiger partial charge on any atom is -0.395 e. The molecule has 0 radical (unpaired) electrons. The van der Waals surface area contributed by atoms with Gasteiger partial charge in [0.1, 0.15) is 0 Å². The van der Waals surface area contributed by atoms with Gasteiger partial charge in [0.15, 0.2) is 0 Å². The Morgan fingerprint density at radius 2 is 2.39 bits per heavy atom. The first-order valence-electron chi connectivity index (χ1n) is 6.13. The van der Waals surface area contributed by atoms with Gasteiger partial charge in [-0.05, 0) is 30.9 Å². The van der Waals surface area contributed by atoms with Crippen LogP contribution in [0.2, 0.25) is 0 Å². The number of nitrogens with one attached hydrogen (secondary N) is 1. The topological polar surface area (TPSA) is 49.3 Å². The molecule has 1 aliphatic rings. The van der Waals surface area contributed by atoms with E-state index in [1.807, 2.05) is 13.0 Å². The van der Waals surface area contributed by atoms with Crippen molar-refractivity contribution in [3.05, 3.63) is 21.4 Å². The Bertz CT molecular complexity index is 510. The van der Waals surface area contributed by atoms with Crippen LogP contribution in [0.25, 0.3) is 0 Å². The van der Waals surface area contributed by atoms with Crippen molar-refractivity contribution in [1.82, 2.24) is 5.32 Å². The maximum Gasteiger partial charge on any atom is 0.261 e. The minimum absolute atomic E-state index is 0.00709. The molecule has 0 aliphatic heterocycles. The van der Waals surface area contributed by atoms with Crippen molar-refractivity contribution in [3.63, 3.8) is 0 Å². The molecule has 1 aliphatic carbocycles. The molecule has 4 heteroatoms. The van der Waals surface area contributed by atoms with E-state index in [1.165, 1.54) is 11.3 Å². The molecule has 2 unspecified atom stereocenters. The van der Waals surface area contributed by atoms with Gasteiger partial charge >= 0.3 is 0 Å². The van der Waals surface area contributed by atoms with Crippen LogP contribution in [-0.4, -0.2) is 23.7 Å². The average Bonchev–Trinajstić information content (AvgIpc) is 2.87. The number of rotatable bonds is 3. The molecule has 0 bridgehead atoms. The predicted molar refractivity (Wildman–Crippen MR) is 72.7 cm³/mol. The number of carbonyl (C=O) groups excluding carboxylic acids is 1. The molecule has 1 aromatic heterocycles. The largest absolute Gasteiger partial charge is 0.395 e. The summed E-state index contributed by atoms with van der Waals surface area (Å²) in [4.78, 5) is 13.6. The summed E-state index contributed by atoms with van der Waals surface area (Å²) < 4.78 is 0. The molecule has 1 saturated carbocycles.